The van der Waals surface area contributed by atoms with Crippen LogP contribution in [0.3, 0.4) is 0 Å². The average Bonchev–Trinajstić information content (AvgIpc) is 2.63. The van der Waals surface area contributed by atoms with Crippen molar-refractivity contribution in [3.63, 3.8) is 0 Å². The number of rotatable bonds is 4. The highest BCUT2D eigenvalue weighted by Crippen LogP contribution is 2.32. The molecule has 2 aromatic rings. The van der Waals surface area contributed by atoms with Gasteiger partial charge in [0.15, 0.2) is 0 Å². The fraction of sp³-hybridized carbons (Fsp3) is 0.400. The van der Waals surface area contributed by atoms with Crippen LogP contribution in [0.1, 0.15) is 28.8 Å². The van der Waals surface area contributed by atoms with Gasteiger partial charge in [0.25, 0.3) is 5.91 Å². The van der Waals surface area contributed by atoms with Crippen molar-refractivity contribution >= 4 is 23.3 Å². The predicted molar refractivity (Wildman–Crippen MR) is 103 cm³/mol. The second-order valence-corrected chi connectivity index (χ2v) is 7.45. The number of piperidine rings is 1. The molecule has 0 saturated carbocycles. The van der Waals surface area contributed by atoms with Crippen LogP contribution >= 0.6 is 11.6 Å². The van der Waals surface area contributed by atoms with Gasteiger partial charge in [-0.05, 0) is 42.7 Å². The van der Waals surface area contributed by atoms with Gasteiger partial charge < -0.3 is 9.80 Å². The molecule has 138 valence electrons. The Kier molecular flexibility index (Phi) is 5.47. The summed E-state index contributed by atoms with van der Waals surface area (Å²) < 4.78 is 15.2. The lowest BCUT2D eigenvalue weighted by Crippen LogP contribution is -2.45. The Hall–Kier alpha value is -2.14. The lowest BCUT2D eigenvalue weighted by Gasteiger charge is -2.37. The fourth-order valence-corrected chi connectivity index (χ4v) is 3.47. The third-order valence-corrected chi connectivity index (χ3v) is 5.07. The minimum absolute atomic E-state index is 0.0876. The monoisotopic (exact) mass is 375 g/mol. The van der Waals surface area contributed by atoms with Crippen LogP contribution in [0.4, 0.5) is 10.2 Å². The zero-order chi connectivity index (χ0) is 18.7. The van der Waals surface area contributed by atoms with Gasteiger partial charge in [-0.1, -0.05) is 23.7 Å². The molecule has 1 saturated heterocycles. The maximum absolute atomic E-state index is 15.2. The van der Waals surface area contributed by atoms with Crippen LogP contribution in [0.5, 0.6) is 0 Å². The van der Waals surface area contributed by atoms with Gasteiger partial charge in [0.05, 0.1) is 5.56 Å². The molecular weight excluding hydrogens is 353 g/mol. The Morgan fingerprint density at radius 3 is 2.50 bits per heavy atom. The number of benzene rings is 1. The number of hydrogen-bond donors (Lipinski definition) is 0. The molecule has 0 atom stereocenters. The van der Waals surface area contributed by atoms with Crippen LogP contribution in [0.25, 0.3) is 0 Å². The molecular formula is C20H23ClFN3O. The van der Waals surface area contributed by atoms with Crippen molar-refractivity contribution in [3.05, 3.63) is 58.7 Å². The van der Waals surface area contributed by atoms with E-state index in [9.17, 15) is 4.79 Å². The summed E-state index contributed by atoms with van der Waals surface area (Å²) in [5.74, 6) is 0.547. The number of halogens is 2. The summed E-state index contributed by atoms with van der Waals surface area (Å²) in [6, 6.07) is 10.8. The van der Waals surface area contributed by atoms with E-state index in [0.717, 1.165) is 5.56 Å². The molecule has 2 heterocycles. The van der Waals surface area contributed by atoms with E-state index >= 15 is 4.39 Å². The average molecular weight is 376 g/mol. The zero-order valence-electron chi connectivity index (χ0n) is 15.1. The minimum atomic E-state index is -1.29. The Morgan fingerprint density at radius 2 is 1.88 bits per heavy atom. The van der Waals surface area contributed by atoms with Crippen LogP contribution in [0, 0.1) is 0 Å². The number of alkyl halides is 1. The van der Waals surface area contributed by atoms with E-state index in [1.54, 1.807) is 35.4 Å². The number of pyridine rings is 1. The Morgan fingerprint density at radius 1 is 1.23 bits per heavy atom. The Balaban J connectivity index is 1.66. The van der Waals surface area contributed by atoms with Gasteiger partial charge >= 0.3 is 0 Å². The van der Waals surface area contributed by atoms with E-state index in [1.807, 2.05) is 31.1 Å². The summed E-state index contributed by atoms with van der Waals surface area (Å²) in [5, 5.41) is 0.648. The van der Waals surface area contributed by atoms with Crippen molar-refractivity contribution in [2.24, 2.45) is 0 Å². The molecule has 1 aliphatic rings. The minimum Gasteiger partial charge on any atom is -0.362 e. The third-order valence-electron chi connectivity index (χ3n) is 4.82. The molecule has 1 amide bonds. The molecule has 0 unspecified atom stereocenters. The number of hydrogen-bond acceptors (Lipinski definition) is 3. The highest BCUT2D eigenvalue weighted by molar-refractivity contribution is 6.30. The van der Waals surface area contributed by atoms with Crippen LogP contribution in [0.15, 0.2) is 42.6 Å². The number of anilines is 1. The molecule has 0 aliphatic carbocycles. The van der Waals surface area contributed by atoms with Crippen LogP contribution < -0.4 is 4.90 Å². The topological polar surface area (TPSA) is 36.4 Å². The van der Waals surface area contributed by atoms with E-state index in [0.29, 0.717) is 48.8 Å². The van der Waals surface area contributed by atoms with Gasteiger partial charge in [0.1, 0.15) is 11.5 Å². The molecule has 0 spiro atoms. The van der Waals surface area contributed by atoms with E-state index in [-0.39, 0.29) is 5.91 Å². The van der Waals surface area contributed by atoms with Gasteiger partial charge in [0.2, 0.25) is 0 Å². The number of carbonyl (C=O) groups excluding carboxylic acids is 1. The molecule has 1 fully saturated rings. The summed E-state index contributed by atoms with van der Waals surface area (Å²) in [6.45, 7) is 0.815. The summed E-state index contributed by atoms with van der Waals surface area (Å²) in [6.07, 6.45) is 2.68. The van der Waals surface area contributed by atoms with Crippen LogP contribution in [0.2, 0.25) is 5.02 Å². The van der Waals surface area contributed by atoms with Gasteiger partial charge in [-0.2, -0.15) is 0 Å². The lowest BCUT2D eigenvalue weighted by molar-refractivity contribution is 0.0437. The van der Waals surface area contributed by atoms with Crippen LogP contribution in [-0.2, 0) is 6.42 Å². The smallest absolute Gasteiger partial charge is 0.257 e. The van der Waals surface area contributed by atoms with E-state index in [1.165, 1.54) is 0 Å². The van der Waals surface area contributed by atoms with Gasteiger partial charge in [-0.25, -0.2) is 9.37 Å². The molecule has 3 rings (SSSR count). The van der Waals surface area contributed by atoms with Gasteiger partial charge in [-0.3, -0.25) is 4.79 Å². The van der Waals surface area contributed by atoms with Crippen molar-refractivity contribution in [1.82, 2.24) is 9.88 Å². The standard InChI is InChI=1S/C20H23ClFN3O/c1-24(2)18-17(4-3-11-23-18)19(26)25-12-9-20(22,10-13-25)14-15-5-7-16(21)8-6-15/h3-8,11H,9-10,12-14H2,1-2H3. The first-order valence-electron chi connectivity index (χ1n) is 8.73. The van der Waals surface area contributed by atoms with Crippen molar-refractivity contribution in [3.8, 4) is 0 Å². The molecule has 1 aromatic heterocycles. The molecule has 26 heavy (non-hydrogen) atoms. The zero-order valence-corrected chi connectivity index (χ0v) is 15.8. The van der Waals surface area contributed by atoms with E-state index in [4.69, 9.17) is 11.6 Å². The maximum Gasteiger partial charge on any atom is 0.257 e. The summed E-state index contributed by atoms with van der Waals surface area (Å²) in [5.41, 5.74) is 0.199. The normalized spacial score (nSPS) is 16.4. The van der Waals surface area contributed by atoms with E-state index < -0.39 is 5.67 Å². The first-order chi connectivity index (χ1) is 12.4. The number of aromatic nitrogens is 1. The molecule has 6 heteroatoms. The van der Waals surface area contributed by atoms with Crippen molar-refractivity contribution in [1.29, 1.82) is 0 Å². The number of likely N-dealkylation sites (tertiary alicyclic amines) is 1. The lowest BCUT2D eigenvalue weighted by atomic mass is 9.87. The highest BCUT2D eigenvalue weighted by Gasteiger charge is 2.36. The fourth-order valence-electron chi connectivity index (χ4n) is 3.35. The summed E-state index contributed by atoms with van der Waals surface area (Å²) >= 11 is 5.89. The molecule has 4 nitrogen and oxygen atoms in total. The van der Waals surface area contributed by atoms with Crippen molar-refractivity contribution in [2.45, 2.75) is 24.9 Å². The quantitative estimate of drug-likeness (QED) is 0.810. The first-order valence-corrected chi connectivity index (χ1v) is 9.11. The molecule has 1 aliphatic heterocycles. The first kappa shape index (κ1) is 18.6. The molecule has 1 aromatic carbocycles. The molecule has 0 bridgehead atoms. The van der Waals surface area contributed by atoms with Crippen molar-refractivity contribution < 1.29 is 9.18 Å². The SMILES string of the molecule is CN(C)c1ncccc1C(=O)N1CCC(F)(Cc2ccc(Cl)cc2)CC1. The molecule has 0 radical (unpaired) electrons. The Labute approximate surface area is 158 Å². The summed E-state index contributed by atoms with van der Waals surface area (Å²) in [7, 11) is 3.71. The third kappa shape index (κ3) is 4.15. The Bertz CT molecular complexity index is 771. The number of carbonyl (C=O) groups is 1. The number of nitrogens with zero attached hydrogens (tertiary/aromatic N) is 3. The van der Waals surface area contributed by atoms with E-state index in [2.05, 4.69) is 4.98 Å². The largest absolute Gasteiger partial charge is 0.362 e. The summed E-state index contributed by atoms with van der Waals surface area (Å²) in [4.78, 5) is 20.7. The van der Waals surface area contributed by atoms with Crippen LogP contribution in [-0.4, -0.2) is 48.6 Å². The predicted octanol–water partition coefficient (Wildman–Crippen LogP) is 3.99. The molecule has 0 N–H and O–H groups in total. The highest BCUT2D eigenvalue weighted by atomic mass is 35.5. The second kappa shape index (κ2) is 7.62. The van der Waals surface area contributed by atoms with Gasteiger partial charge in [-0.15, -0.1) is 0 Å². The second-order valence-electron chi connectivity index (χ2n) is 7.02. The maximum atomic E-state index is 15.2. The van der Waals surface area contributed by atoms with Gasteiger partial charge in [0, 0.05) is 44.8 Å². The van der Waals surface area contributed by atoms with Crippen molar-refractivity contribution in [2.75, 3.05) is 32.1 Å². The number of amides is 1.